The summed E-state index contributed by atoms with van der Waals surface area (Å²) in [6.45, 7) is 2.56. The molecule has 0 saturated carbocycles. The Morgan fingerprint density at radius 2 is 1.62 bits per heavy atom. The molecule has 0 aliphatic rings. The summed E-state index contributed by atoms with van der Waals surface area (Å²) in [7, 11) is -3.45. The Labute approximate surface area is 145 Å². The van der Waals surface area contributed by atoms with Gasteiger partial charge in [-0.2, -0.15) is 0 Å². The second-order valence-corrected chi connectivity index (χ2v) is 7.60. The molecule has 0 aliphatic carbocycles. The maximum Gasteiger partial charge on any atom is 0.240 e. The average Bonchev–Trinajstić information content (AvgIpc) is 2.62. The monoisotopic (exact) mass is 343 g/mol. The summed E-state index contributed by atoms with van der Waals surface area (Å²) in [6.07, 6.45) is 7.32. The van der Waals surface area contributed by atoms with E-state index in [-0.39, 0.29) is 5.92 Å². The zero-order valence-corrected chi connectivity index (χ0v) is 14.9. The highest BCUT2D eigenvalue weighted by atomic mass is 32.2. The van der Waals surface area contributed by atoms with Gasteiger partial charge in [0, 0.05) is 6.54 Å². The Morgan fingerprint density at radius 3 is 2.25 bits per heavy atom. The van der Waals surface area contributed by atoms with Gasteiger partial charge in [0.15, 0.2) is 0 Å². The molecule has 1 N–H and O–H groups in total. The van der Waals surface area contributed by atoms with Gasteiger partial charge in [0.1, 0.15) is 0 Å². The summed E-state index contributed by atoms with van der Waals surface area (Å²) in [6, 6.07) is 18.6. The Morgan fingerprint density at radius 1 is 1.00 bits per heavy atom. The van der Waals surface area contributed by atoms with Crippen molar-refractivity contribution in [3.8, 4) is 0 Å². The van der Waals surface area contributed by atoms with Crippen LogP contribution < -0.4 is 4.72 Å². The molecule has 0 aromatic heterocycles. The summed E-state index contributed by atoms with van der Waals surface area (Å²) in [5.74, 6) is 0.184. The van der Waals surface area contributed by atoms with E-state index >= 15 is 0 Å². The number of hydrogen-bond donors (Lipinski definition) is 1. The van der Waals surface area contributed by atoms with Gasteiger partial charge in [0.2, 0.25) is 10.0 Å². The van der Waals surface area contributed by atoms with E-state index in [4.69, 9.17) is 0 Å². The predicted octanol–water partition coefficient (Wildman–Crippen LogP) is 4.48. The lowest BCUT2D eigenvalue weighted by molar-refractivity contribution is 0.529. The van der Waals surface area contributed by atoms with Crippen LogP contribution in [0.3, 0.4) is 0 Å². The Hall–Kier alpha value is -1.91. The van der Waals surface area contributed by atoms with Crippen molar-refractivity contribution in [2.75, 3.05) is 6.54 Å². The fraction of sp³-hybridized carbons (Fsp3) is 0.300. The molecule has 0 heterocycles. The minimum absolute atomic E-state index is 0.184. The third-order valence-electron chi connectivity index (χ3n) is 3.88. The van der Waals surface area contributed by atoms with E-state index in [1.165, 1.54) is 0 Å². The average molecular weight is 343 g/mol. The van der Waals surface area contributed by atoms with E-state index in [0.717, 1.165) is 24.8 Å². The van der Waals surface area contributed by atoms with Crippen LogP contribution in [0.25, 0.3) is 6.08 Å². The fourth-order valence-electron chi connectivity index (χ4n) is 2.44. The first-order chi connectivity index (χ1) is 11.6. The first-order valence-corrected chi connectivity index (χ1v) is 9.88. The summed E-state index contributed by atoms with van der Waals surface area (Å²) in [4.78, 5) is 0.311. The predicted molar refractivity (Wildman–Crippen MR) is 100 cm³/mol. The summed E-state index contributed by atoms with van der Waals surface area (Å²) < 4.78 is 27.4. The van der Waals surface area contributed by atoms with Crippen LogP contribution in [0, 0.1) is 5.92 Å². The molecule has 24 heavy (non-hydrogen) atoms. The molecule has 0 radical (unpaired) electrons. The van der Waals surface area contributed by atoms with E-state index in [2.05, 4.69) is 23.8 Å². The van der Waals surface area contributed by atoms with Gasteiger partial charge in [0.25, 0.3) is 0 Å². The molecule has 0 aliphatic heterocycles. The van der Waals surface area contributed by atoms with Gasteiger partial charge in [-0.3, -0.25) is 0 Å². The SMILES string of the molecule is CCCCC(/C=C/c1ccccc1)CNS(=O)(=O)c1ccccc1. The van der Waals surface area contributed by atoms with Crippen molar-refractivity contribution in [2.24, 2.45) is 5.92 Å². The van der Waals surface area contributed by atoms with Crippen molar-refractivity contribution in [3.63, 3.8) is 0 Å². The van der Waals surface area contributed by atoms with Gasteiger partial charge < -0.3 is 0 Å². The maximum atomic E-state index is 12.3. The molecule has 0 amide bonds. The van der Waals surface area contributed by atoms with Crippen molar-refractivity contribution in [3.05, 3.63) is 72.3 Å². The lowest BCUT2D eigenvalue weighted by Gasteiger charge is -2.14. The first kappa shape index (κ1) is 18.4. The second-order valence-electron chi connectivity index (χ2n) is 5.84. The number of benzene rings is 2. The van der Waals surface area contributed by atoms with Gasteiger partial charge in [0.05, 0.1) is 4.90 Å². The standard InChI is InChI=1S/C20H25NO2S/c1-2-3-10-19(16-15-18-11-6-4-7-12-18)17-21-24(22,23)20-13-8-5-9-14-20/h4-9,11-16,19,21H,2-3,10,17H2,1H3/b16-15+. The third kappa shape index (κ3) is 5.95. The fourth-order valence-corrected chi connectivity index (χ4v) is 3.56. The van der Waals surface area contributed by atoms with Crippen molar-refractivity contribution >= 4 is 16.1 Å². The molecule has 3 nitrogen and oxygen atoms in total. The summed E-state index contributed by atoms with van der Waals surface area (Å²) >= 11 is 0. The number of rotatable bonds is 9. The highest BCUT2D eigenvalue weighted by Gasteiger charge is 2.15. The summed E-state index contributed by atoms with van der Waals surface area (Å²) in [5, 5.41) is 0. The molecule has 0 spiro atoms. The maximum absolute atomic E-state index is 12.3. The first-order valence-electron chi connectivity index (χ1n) is 8.40. The van der Waals surface area contributed by atoms with Crippen molar-refractivity contribution in [1.29, 1.82) is 0 Å². The van der Waals surface area contributed by atoms with Gasteiger partial charge in [-0.1, -0.05) is 80.4 Å². The Kier molecular flexibility index (Phi) is 7.22. The molecule has 0 fully saturated rings. The molecule has 2 rings (SSSR count). The van der Waals surface area contributed by atoms with Crippen LogP contribution in [0.4, 0.5) is 0 Å². The van der Waals surface area contributed by atoms with Crippen LogP contribution in [-0.4, -0.2) is 15.0 Å². The number of hydrogen-bond acceptors (Lipinski definition) is 2. The van der Waals surface area contributed by atoms with Crippen LogP contribution in [0.1, 0.15) is 31.7 Å². The van der Waals surface area contributed by atoms with Crippen molar-refractivity contribution < 1.29 is 8.42 Å². The van der Waals surface area contributed by atoms with E-state index in [0.29, 0.717) is 11.4 Å². The third-order valence-corrected chi connectivity index (χ3v) is 5.32. The largest absolute Gasteiger partial charge is 0.240 e. The van der Waals surface area contributed by atoms with E-state index < -0.39 is 10.0 Å². The van der Waals surface area contributed by atoms with Crippen molar-refractivity contribution in [1.82, 2.24) is 4.72 Å². The van der Waals surface area contributed by atoms with Gasteiger partial charge in [-0.25, -0.2) is 13.1 Å². The molecule has 0 saturated heterocycles. The molecule has 1 atom stereocenters. The molecule has 128 valence electrons. The zero-order valence-electron chi connectivity index (χ0n) is 14.1. The van der Waals surface area contributed by atoms with Crippen LogP contribution in [0.15, 0.2) is 71.6 Å². The van der Waals surface area contributed by atoms with Crippen molar-refractivity contribution in [2.45, 2.75) is 31.1 Å². The van der Waals surface area contributed by atoms with E-state index in [1.54, 1.807) is 24.3 Å². The lowest BCUT2D eigenvalue weighted by atomic mass is 10.0. The lowest BCUT2D eigenvalue weighted by Crippen LogP contribution is -2.28. The van der Waals surface area contributed by atoms with Gasteiger partial charge in [-0.15, -0.1) is 0 Å². The van der Waals surface area contributed by atoms with Crippen LogP contribution >= 0.6 is 0 Å². The molecule has 4 heteroatoms. The molecule has 1 unspecified atom stereocenters. The minimum atomic E-state index is -3.45. The second kappa shape index (κ2) is 9.40. The van der Waals surface area contributed by atoms with E-state index in [9.17, 15) is 8.42 Å². The highest BCUT2D eigenvalue weighted by Crippen LogP contribution is 2.14. The van der Waals surface area contributed by atoms with Gasteiger partial charge >= 0.3 is 0 Å². The quantitative estimate of drug-likeness (QED) is 0.729. The number of nitrogens with one attached hydrogen (secondary N) is 1. The topological polar surface area (TPSA) is 46.2 Å². The number of unbranched alkanes of at least 4 members (excludes halogenated alkanes) is 1. The number of sulfonamides is 1. The molecule has 2 aromatic carbocycles. The highest BCUT2D eigenvalue weighted by molar-refractivity contribution is 7.89. The molecular formula is C20H25NO2S. The minimum Gasteiger partial charge on any atom is -0.211 e. The Bertz CT molecular complexity index is 725. The zero-order chi connectivity index (χ0) is 17.3. The molecular weight excluding hydrogens is 318 g/mol. The van der Waals surface area contributed by atoms with Gasteiger partial charge in [-0.05, 0) is 30.0 Å². The van der Waals surface area contributed by atoms with Crippen LogP contribution in [0.5, 0.6) is 0 Å². The Balaban J connectivity index is 2.02. The molecule has 0 bridgehead atoms. The normalized spacial score (nSPS) is 13.2. The van der Waals surface area contributed by atoms with Crippen LogP contribution in [-0.2, 0) is 10.0 Å². The molecule has 2 aromatic rings. The van der Waals surface area contributed by atoms with E-state index in [1.807, 2.05) is 36.4 Å². The summed E-state index contributed by atoms with van der Waals surface area (Å²) in [5.41, 5.74) is 1.13. The van der Waals surface area contributed by atoms with Crippen LogP contribution in [0.2, 0.25) is 0 Å². The smallest absolute Gasteiger partial charge is 0.211 e.